The quantitative estimate of drug-likeness (QED) is 0.378. The molecular weight excluding hydrogens is 509 g/mol. The van der Waals surface area contributed by atoms with Gasteiger partial charge in [0.15, 0.2) is 11.0 Å². The Hall–Kier alpha value is -2.72. The van der Waals surface area contributed by atoms with E-state index in [1.807, 2.05) is 29.7 Å². The second-order valence-corrected chi connectivity index (χ2v) is 9.39. The highest BCUT2D eigenvalue weighted by Gasteiger charge is 2.17. The fraction of sp³-hybridized carbons (Fsp3) is 0.304. The number of carbonyl (C=O) groups excluding carboxylic acids is 2. The number of amides is 2. The van der Waals surface area contributed by atoms with Crippen LogP contribution in [0.2, 0.25) is 0 Å². The largest absolute Gasteiger partial charge is 0.345 e. The molecule has 2 amide bonds. The predicted molar refractivity (Wildman–Crippen MR) is 131 cm³/mol. The predicted octanol–water partition coefficient (Wildman–Crippen LogP) is 4.98. The number of hydrogen-bond donors (Lipinski definition) is 2. The molecule has 1 aromatic heterocycles. The molecule has 174 valence electrons. The molecule has 0 saturated carbocycles. The highest BCUT2D eigenvalue weighted by atomic mass is 79.9. The molecular formula is C23H25BrFN5O2S. The molecule has 7 nitrogen and oxygen atoms in total. The van der Waals surface area contributed by atoms with Crippen LogP contribution < -0.4 is 10.6 Å². The SMILES string of the molecule is CCn1c(CNC(=O)c2ccccc2F)nnc1SCC(=O)Nc1ccc(Br)cc1C(C)C. The van der Waals surface area contributed by atoms with Crippen LogP contribution >= 0.6 is 27.7 Å². The van der Waals surface area contributed by atoms with E-state index < -0.39 is 11.7 Å². The molecule has 0 unspecified atom stereocenters. The summed E-state index contributed by atoms with van der Waals surface area (Å²) in [6.45, 7) is 6.72. The summed E-state index contributed by atoms with van der Waals surface area (Å²) in [6, 6.07) is 11.6. The number of rotatable bonds is 9. The normalized spacial score (nSPS) is 11.0. The Morgan fingerprint density at radius 1 is 1.18 bits per heavy atom. The van der Waals surface area contributed by atoms with Crippen molar-refractivity contribution in [2.75, 3.05) is 11.1 Å². The van der Waals surface area contributed by atoms with Crippen LogP contribution in [0.5, 0.6) is 0 Å². The standard InChI is InChI=1S/C23H25BrFN5O2S/c1-4-30-20(12-26-22(32)16-7-5-6-8-18(16)25)28-29-23(30)33-13-21(31)27-19-10-9-15(24)11-17(19)14(2)3/h5-11,14H,4,12-13H2,1-3H3,(H,26,32)(H,27,31). The van der Waals surface area contributed by atoms with Crippen LogP contribution in [0.25, 0.3) is 0 Å². The van der Waals surface area contributed by atoms with Crippen molar-refractivity contribution >= 4 is 45.2 Å². The minimum absolute atomic E-state index is 0.0277. The second-order valence-electron chi connectivity index (χ2n) is 7.53. The fourth-order valence-corrected chi connectivity index (χ4v) is 4.42. The number of carbonyl (C=O) groups is 2. The molecule has 3 rings (SSSR count). The lowest BCUT2D eigenvalue weighted by Crippen LogP contribution is -2.25. The summed E-state index contributed by atoms with van der Waals surface area (Å²) in [4.78, 5) is 24.8. The van der Waals surface area contributed by atoms with Gasteiger partial charge in [0.05, 0.1) is 17.9 Å². The van der Waals surface area contributed by atoms with Gasteiger partial charge >= 0.3 is 0 Å². The summed E-state index contributed by atoms with van der Waals surface area (Å²) < 4.78 is 16.6. The second kappa shape index (κ2) is 11.4. The highest BCUT2D eigenvalue weighted by Crippen LogP contribution is 2.28. The van der Waals surface area contributed by atoms with Crippen LogP contribution in [0, 0.1) is 5.82 Å². The number of hydrogen-bond acceptors (Lipinski definition) is 5. The van der Waals surface area contributed by atoms with Crippen molar-refractivity contribution in [3.63, 3.8) is 0 Å². The zero-order chi connectivity index (χ0) is 24.0. The maximum Gasteiger partial charge on any atom is 0.254 e. The number of nitrogens with one attached hydrogen (secondary N) is 2. The van der Waals surface area contributed by atoms with Gasteiger partial charge in [-0.05, 0) is 48.7 Å². The summed E-state index contributed by atoms with van der Waals surface area (Å²) in [7, 11) is 0. The first-order valence-corrected chi connectivity index (χ1v) is 12.2. The zero-order valence-corrected chi connectivity index (χ0v) is 21.0. The molecule has 0 spiro atoms. The van der Waals surface area contributed by atoms with E-state index in [9.17, 15) is 14.0 Å². The lowest BCUT2D eigenvalue weighted by atomic mass is 10.0. The van der Waals surface area contributed by atoms with Crippen molar-refractivity contribution in [1.82, 2.24) is 20.1 Å². The maximum absolute atomic E-state index is 13.8. The Morgan fingerprint density at radius 3 is 2.64 bits per heavy atom. The molecule has 0 radical (unpaired) electrons. The van der Waals surface area contributed by atoms with E-state index in [-0.39, 0.29) is 29.7 Å². The van der Waals surface area contributed by atoms with Crippen LogP contribution in [0.4, 0.5) is 10.1 Å². The first-order valence-electron chi connectivity index (χ1n) is 10.5. The summed E-state index contributed by atoms with van der Waals surface area (Å²) in [6.07, 6.45) is 0. The van der Waals surface area contributed by atoms with Gasteiger partial charge in [-0.15, -0.1) is 10.2 Å². The van der Waals surface area contributed by atoms with Gasteiger partial charge in [0.1, 0.15) is 5.82 Å². The van der Waals surface area contributed by atoms with Crippen molar-refractivity contribution in [2.24, 2.45) is 0 Å². The van der Waals surface area contributed by atoms with E-state index in [2.05, 4.69) is 50.6 Å². The van der Waals surface area contributed by atoms with Crippen LogP contribution in [-0.2, 0) is 17.9 Å². The smallest absolute Gasteiger partial charge is 0.254 e. The molecule has 0 bridgehead atoms. The number of thioether (sulfide) groups is 1. The van der Waals surface area contributed by atoms with Gasteiger partial charge in [-0.2, -0.15) is 0 Å². The number of nitrogens with zero attached hydrogens (tertiary/aromatic N) is 3. The Labute approximate surface area is 204 Å². The van der Waals surface area contributed by atoms with Crippen molar-refractivity contribution in [2.45, 2.75) is 44.9 Å². The third-order valence-corrected chi connectivity index (χ3v) is 6.34. The van der Waals surface area contributed by atoms with E-state index in [4.69, 9.17) is 0 Å². The molecule has 0 atom stereocenters. The highest BCUT2D eigenvalue weighted by molar-refractivity contribution is 9.10. The van der Waals surface area contributed by atoms with Gasteiger partial charge in [-0.3, -0.25) is 9.59 Å². The van der Waals surface area contributed by atoms with E-state index >= 15 is 0 Å². The van der Waals surface area contributed by atoms with Crippen LogP contribution in [0.1, 0.15) is 48.4 Å². The van der Waals surface area contributed by atoms with Crippen molar-refractivity contribution in [1.29, 1.82) is 0 Å². The van der Waals surface area contributed by atoms with Gasteiger partial charge in [0.2, 0.25) is 5.91 Å². The van der Waals surface area contributed by atoms with E-state index in [0.717, 1.165) is 15.7 Å². The van der Waals surface area contributed by atoms with Gasteiger partial charge in [-0.25, -0.2) is 4.39 Å². The molecule has 0 aliphatic carbocycles. The average molecular weight is 534 g/mol. The first-order chi connectivity index (χ1) is 15.8. The number of benzene rings is 2. The van der Waals surface area contributed by atoms with Gasteiger partial charge < -0.3 is 15.2 Å². The number of anilines is 1. The third kappa shape index (κ3) is 6.42. The lowest BCUT2D eigenvalue weighted by Gasteiger charge is -2.14. The lowest BCUT2D eigenvalue weighted by molar-refractivity contribution is -0.113. The third-order valence-electron chi connectivity index (χ3n) is 4.88. The van der Waals surface area contributed by atoms with E-state index in [1.54, 1.807) is 6.07 Å². The molecule has 33 heavy (non-hydrogen) atoms. The molecule has 1 heterocycles. The van der Waals surface area contributed by atoms with Crippen LogP contribution in [-0.4, -0.2) is 32.3 Å². The minimum Gasteiger partial charge on any atom is -0.345 e. The van der Waals surface area contributed by atoms with Crippen LogP contribution in [0.3, 0.4) is 0 Å². The zero-order valence-electron chi connectivity index (χ0n) is 18.6. The van der Waals surface area contributed by atoms with E-state index in [0.29, 0.717) is 17.5 Å². The van der Waals surface area contributed by atoms with Crippen molar-refractivity contribution in [3.8, 4) is 0 Å². The average Bonchev–Trinajstić information content (AvgIpc) is 3.19. The molecule has 0 fully saturated rings. The summed E-state index contributed by atoms with van der Waals surface area (Å²) in [5.74, 6) is -0.309. The van der Waals surface area contributed by atoms with Crippen molar-refractivity contribution in [3.05, 3.63) is 69.7 Å². The Morgan fingerprint density at radius 2 is 1.94 bits per heavy atom. The number of halogens is 2. The van der Waals surface area contributed by atoms with Crippen molar-refractivity contribution < 1.29 is 14.0 Å². The molecule has 0 saturated heterocycles. The van der Waals surface area contributed by atoms with Gasteiger partial charge in [0.25, 0.3) is 5.91 Å². The Kier molecular flexibility index (Phi) is 8.62. The Bertz CT molecular complexity index is 1150. The summed E-state index contributed by atoms with van der Waals surface area (Å²) in [5.41, 5.74) is 1.81. The summed E-state index contributed by atoms with van der Waals surface area (Å²) >= 11 is 4.73. The Balaban J connectivity index is 1.61. The molecule has 2 aromatic carbocycles. The maximum atomic E-state index is 13.8. The van der Waals surface area contributed by atoms with Gasteiger partial charge in [0, 0.05) is 16.7 Å². The van der Waals surface area contributed by atoms with Gasteiger partial charge in [-0.1, -0.05) is 53.7 Å². The fourth-order valence-electron chi connectivity index (χ4n) is 3.22. The van der Waals surface area contributed by atoms with E-state index in [1.165, 1.54) is 30.0 Å². The molecule has 0 aliphatic heterocycles. The molecule has 0 aliphatic rings. The number of aromatic nitrogens is 3. The molecule has 10 heteroatoms. The van der Waals surface area contributed by atoms with Crippen LogP contribution in [0.15, 0.2) is 52.1 Å². The minimum atomic E-state index is -0.583. The first kappa shape index (κ1) is 24.9. The monoisotopic (exact) mass is 533 g/mol. The molecule has 3 aromatic rings. The summed E-state index contributed by atoms with van der Waals surface area (Å²) in [5, 5.41) is 14.5. The molecule has 2 N–H and O–H groups in total. The topological polar surface area (TPSA) is 88.9 Å².